The largest absolute Gasteiger partial charge is 0.342 e. The zero-order valence-corrected chi connectivity index (χ0v) is 14.8. The highest BCUT2D eigenvalue weighted by Gasteiger charge is 2.39. The first-order valence-electron chi connectivity index (χ1n) is 7.97. The Labute approximate surface area is 147 Å². The first kappa shape index (κ1) is 18.2. The van der Waals surface area contributed by atoms with Gasteiger partial charge in [0.15, 0.2) is 0 Å². The number of piperidine rings is 2. The quantitative estimate of drug-likeness (QED) is 0.888. The Morgan fingerprint density at radius 2 is 2.22 bits per heavy atom. The molecule has 3 heterocycles. The van der Waals surface area contributed by atoms with E-state index in [9.17, 15) is 9.59 Å². The molecule has 0 saturated carbocycles. The lowest BCUT2D eigenvalue weighted by Gasteiger charge is -2.47. The van der Waals surface area contributed by atoms with Crippen LogP contribution < -0.4 is 5.73 Å². The van der Waals surface area contributed by atoms with Crippen molar-refractivity contribution in [1.82, 2.24) is 9.80 Å². The van der Waals surface area contributed by atoms with Gasteiger partial charge < -0.3 is 15.5 Å². The minimum atomic E-state index is 0. The fourth-order valence-corrected chi connectivity index (χ4v) is 4.36. The first-order valence-corrected chi connectivity index (χ1v) is 8.91. The molecule has 0 bridgehead atoms. The minimum absolute atomic E-state index is 0. The highest BCUT2D eigenvalue weighted by molar-refractivity contribution is 7.08. The van der Waals surface area contributed by atoms with Gasteiger partial charge in [-0.25, -0.2) is 0 Å². The van der Waals surface area contributed by atoms with E-state index in [1.165, 1.54) is 0 Å². The molecule has 0 aromatic carbocycles. The van der Waals surface area contributed by atoms with Crippen molar-refractivity contribution in [1.29, 1.82) is 0 Å². The summed E-state index contributed by atoms with van der Waals surface area (Å²) in [6, 6.07) is 2.28. The average molecular weight is 358 g/mol. The Balaban J connectivity index is 0.00000192. The Morgan fingerprint density at radius 3 is 2.91 bits per heavy atom. The standard InChI is InChI=1S/C16H23N3O2S.ClH/c17-5-7-19-14-3-6-18(10-13(14)1-2-15(19)20)16(21)9-12-4-8-22-11-12;/h4,8,11,13-14H,1-3,5-7,9-10,17H2;1H/t13-,14+;/m0./s1. The van der Waals surface area contributed by atoms with Gasteiger partial charge in [0.25, 0.3) is 0 Å². The number of hydrogen-bond acceptors (Lipinski definition) is 4. The van der Waals surface area contributed by atoms with Crippen molar-refractivity contribution >= 4 is 35.6 Å². The molecule has 23 heavy (non-hydrogen) atoms. The summed E-state index contributed by atoms with van der Waals surface area (Å²) in [4.78, 5) is 28.4. The van der Waals surface area contributed by atoms with Crippen LogP contribution in [0.5, 0.6) is 0 Å². The van der Waals surface area contributed by atoms with E-state index in [-0.39, 0.29) is 30.3 Å². The molecule has 3 rings (SSSR count). The van der Waals surface area contributed by atoms with E-state index in [1.807, 2.05) is 26.6 Å². The van der Waals surface area contributed by atoms with Crippen LogP contribution in [0.3, 0.4) is 0 Å². The SMILES string of the molecule is Cl.NCCN1C(=O)CC[C@H]2CN(C(=O)Cc3ccsc3)CC[C@H]21. The number of carbonyl (C=O) groups is 2. The summed E-state index contributed by atoms with van der Waals surface area (Å²) < 4.78 is 0. The van der Waals surface area contributed by atoms with Crippen molar-refractivity contribution in [3.8, 4) is 0 Å². The Morgan fingerprint density at radius 1 is 1.39 bits per heavy atom. The molecule has 2 N–H and O–H groups in total. The number of halogens is 1. The second-order valence-corrected chi connectivity index (χ2v) is 6.96. The van der Waals surface area contributed by atoms with E-state index in [0.29, 0.717) is 31.8 Å². The third kappa shape index (κ3) is 4.05. The maximum Gasteiger partial charge on any atom is 0.227 e. The van der Waals surface area contributed by atoms with Gasteiger partial charge in [-0.05, 0) is 41.1 Å². The summed E-state index contributed by atoms with van der Waals surface area (Å²) in [5.41, 5.74) is 6.74. The summed E-state index contributed by atoms with van der Waals surface area (Å²) >= 11 is 1.63. The number of fused-ring (bicyclic) bond motifs is 1. The fraction of sp³-hybridized carbons (Fsp3) is 0.625. The van der Waals surface area contributed by atoms with E-state index >= 15 is 0 Å². The molecule has 0 spiro atoms. The van der Waals surface area contributed by atoms with E-state index in [1.54, 1.807) is 11.3 Å². The number of nitrogens with zero attached hydrogens (tertiary/aromatic N) is 2. The van der Waals surface area contributed by atoms with Gasteiger partial charge in [-0.3, -0.25) is 9.59 Å². The number of likely N-dealkylation sites (tertiary alicyclic amines) is 2. The number of thiophene rings is 1. The highest BCUT2D eigenvalue weighted by Crippen LogP contribution is 2.31. The Hall–Kier alpha value is -1.11. The lowest BCUT2D eigenvalue weighted by molar-refractivity contribution is -0.143. The summed E-state index contributed by atoms with van der Waals surface area (Å²) in [5.74, 6) is 0.841. The van der Waals surface area contributed by atoms with E-state index in [2.05, 4.69) is 0 Å². The van der Waals surface area contributed by atoms with Gasteiger partial charge in [-0.15, -0.1) is 12.4 Å². The smallest absolute Gasteiger partial charge is 0.227 e. The molecule has 0 radical (unpaired) electrons. The average Bonchev–Trinajstić information content (AvgIpc) is 3.02. The van der Waals surface area contributed by atoms with Crippen molar-refractivity contribution in [3.63, 3.8) is 0 Å². The van der Waals surface area contributed by atoms with Crippen molar-refractivity contribution in [2.24, 2.45) is 11.7 Å². The molecule has 2 amide bonds. The third-order valence-electron chi connectivity index (χ3n) is 4.80. The van der Waals surface area contributed by atoms with Gasteiger partial charge in [-0.2, -0.15) is 11.3 Å². The van der Waals surface area contributed by atoms with Crippen molar-refractivity contribution in [3.05, 3.63) is 22.4 Å². The number of amides is 2. The van der Waals surface area contributed by atoms with Crippen LogP contribution in [0.1, 0.15) is 24.8 Å². The van der Waals surface area contributed by atoms with Crippen LogP contribution in [-0.2, 0) is 16.0 Å². The van der Waals surface area contributed by atoms with Crippen LogP contribution in [0.25, 0.3) is 0 Å². The maximum absolute atomic E-state index is 12.4. The van der Waals surface area contributed by atoms with E-state index in [4.69, 9.17) is 5.73 Å². The minimum Gasteiger partial charge on any atom is -0.342 e. The monoisotopic (exact) mass is 357 g/mol. The van der Waals surface area contributed by atoms with Gasteiger partial charge in [0.1, 0.15) is 0 Å². The van der Waals surface area contributed by atoms with E-state index < -0.39 is 0 Å². The molecule has 0 aliphatic carbocycles. The van der Waals surface area contributed by atoms with Gasteiger partial charge in [0.2, 0.25) is 11.8 Å². The zero-order valence-electron chi connectivity index (χ0n) is 13.1. The summed E-state index contributed by atoms with van der Waals surface area (Å²) in [6.07, 6.45) is 2.86. The highest BCUT2D eigenvalue weighted by atomic mass is 35.5. The van der Waals surface area contributed by atoms with Crippen molar-refractivity contribution < 1.29 is 9.59 Å². The van der Waals surface area contributed by atoms with Crippen LogP contribution >= 0.6 is 23.7 Å². The summed E-state index contributed by atoms with van der Waals surface area (Å²) in [7, 11) is 0. The van der Waals surface area contributed by atoms with Crippen LogP contribution in [0, 0.1) is 5.92 Å². The number of carbonyl (C=O) groups excluding carboxylic acids is 2. The lowest BCUT2D eigenvalue weighted by Crippen LogP contribution is -2.57. The second kappa shape index (κ2) is 8.13. The van der Waals surface area contributed by atoms with Gasteiger partial charge in [0, 0.05) is 38.6 Å². The molecule has 1 aromatic rings. The number of hydrogen-bond donors (Lipinski definition) is 1. The summed E-state index contributed by atoms with van der Waals surface area (Å²) in [5, 5.41) is 4.04. The topological polar surface area (TPSA) is 66.6 Å². The van der Waals surface area contributed by atoms with Crippen LogP contribution in [-0.4, -0.2) is 53.8 Å². The lowest BCUT2D eigenvalue weighted by atomic mass is 9.83. The normalized spacial score (nSPS) is 24.1. The number of nitrogens with two attached hydrogens (primary N) is 1. The molecule has 2 aliphatic rings. The molecular formula is C16H24ClN3O2S. The van der Waals surface area contributed by atoms with Gasteiger partial charge in [0.05, 0.1) is 6.42 Å². The molecule has 128 valence electrons. The maximum atomic E-state index is 12.4. The molecule has 2 atom stereocenters. The Kier molecular flexibility index (Phi) is 6.44. The predicted molar refractivity (Wildman–Crippen MR) is 93.7 cm³/mol. The van der Waals surface area contributed by atoms with Crippen LogP contribution in [0.15, 0.2) is 16.8 Å². The molecule has 2 aliphatic heterocycles. The van der Waals surface area contributed by atoms with Crippen LogP contribution in [0.2, 0.25) is 0 Å². The second-order valence-electron chi connectivity index (χ2n) is 6.18. The van der Waals surface area contributed by atoms with Gasteiger partial charge in [-0.1, -0.05) is 0 Å². The van der Waals surface area contributed by atoms with E-state index in [0.717, 1.165) is 31.5 Å². The fourth-order valence-electron chi connectivity index (χ4n) is 3.69. The third-order valence-corrected chi connectivity index (χ3v) is 5.53. The molecule has 7 heteroatoms. The molecular weight excluding hydrogens is 334 g/mol. The number of rotatable bonds is 4. The summed E-state index contributed by atoms with van der Waals surface area (Å²) in [6.45, 7) is 2.68. The molecule has 0 unspecified atom stereocenters. The molecule has 1 aromatic heterocycles. The first-order chi connectivity index (χ1) is 10.7. The molecule has 2 fully saturated rings. The molecule has 5 nitrogen and oxygen atoms in total. The molecule has 2 saturated heterocycles. The van der Waals surface area contributed by atoms with Crippen molar-refractivity contribution in [2.75, 3.05) is 26.2 Å². The predicted octanol–water partition coefficient (Wildman–Crippen LogP) is 1.51. The Bertz CT molecular complexity index is 537. The zero-order chi connectivity index (χ0) is 15.5. The van der Waals surface area contributed by atoms with Crippen LogP contribution in [0.4, 0.5) is 0 Å². The van der Waals surface area contributed by atoms with Crippen molar-refractivity contribution in [2.45, 2.75) is 31.7 Å². The van der Waals surface area contributed by atoms with Gasteiger partial charge >= 0.3 is 0 Å².